The van der Waals surface area contributed by atoms with Gasteiger partial charge >= 0.3 is 0 Å². The van der Waals surface area contributed by atoms with E-state index in [0.29, 0.717) is 39.5 Å². The van der Waals surface area contributed by atoms with Crippen LogP contribution < -0.4 is 21.3 Å². The van der Waals surface area contributed by atoms with Gasteiger partial charge in [0.1, 0.15) is 0 Å². The second-order valence-corrected chi connectivity index (χ2v) is 10.4. The second-order valence-electron chi connectivity index (χ2n) is 10.4. The third kappa shape index (κ3) is 24.0. The minimum absolute atomic E-state index is 0.128. The molecule has 0 saturated heterocycles. The monoisotopic (exact) mass is 434 g/mol. The van der Waals surface area contributed by atoms with Crippen molar-refractivity contribution in [2.45, 2.75) is 53.8 Å². The number of ether oxygens (including phenoxy) is 2. The first-order valence-electron chi connectivity index (χ1n) is 11.3. The van der Waals surface area contributed by atoms with Crippen molar-refractivity contribution in [3.63, 3.8) is 0 Å². The number of hydrogen-bond acceptors (Lipinski definition) is 8. The molecule has 0 aliphatic heterocycles. The first-order valence-corrected chi connectivity index (χ1v) is 11.3. The summed E-state index contributed by atoms with van der Waals surface area (Å²) in [6.45, 7) is 21.0. The summed E-state index contributed by atoms with van der Waals surface area (Å²) in [5.41, 5.74) is 0.257. The summed E-state index contributed by atoms with van der Waals surface area (Å²) in [6, 6.07) is 0. The Morgan fingerprint density at radius 1 is 0.567 bits per heavy atom. The lowest BCUT2D eigenvalue weighted by Gasteiger charge is -2.20. The smallest absolute Gasteiger partial charge is 0.0897 e. The average molecular weight is 435 g/mol. The zero-order valence-corrected chi connectivity index (χ0v) is 20.4. The predicted octanol–water partition coefficient (Wildman–Crippen LogP) is 0.192. The number of hydrogen-bond donors (Lipinski definition) is 6. The van der Waals surface area contributed by atoms with Gasteiger partial charge in [0.05, 0.1) is 38.6 Å². The molecule has 0 radical (unpaired) electrons. The molecule has 0 aromatic heterocycles. The van der Waals surface area contributed by atoms with E-state index in [-0.39, 0.29) is 10.8 Å². The van der Waals surface area contributed by atoms with Gasteiger partial charge in [0.2, 0.25) is 0 Å². The van der Waals surface area contributed by atoms with Crippen molar-refractivity contribution in [2.24, 2.45) is 10.8 Å². The molecular formula is C22H50N4O4. The molecule has 2 atom stereocenters. The minimum atomic E-state index is -0.468. The van der Waals surface area contributed by atoms with Crippen molar-refractivity contribution in [3.8, 4) is 0 Å². The van der Waals surface area contributed by atoms with Gasteiger partial charge in [0.25, 0.3) is 0 Å². The zero-order chi connectivity index (χ0) is 22.9. The van der Waals surface area contributed by atoms with Crippen molar-refractivity contribution in [3.05, 3.63) is 0 Å². The lowest BCUT2D eigenvalue weighted by atomic mass is 9.99. The molecule has 0 rings (SSSR count). The normalized spacial score (nSPS) is 14.8. The largest absolute Gasteiger partial charge is 0.389 e. The molecule has 30 heavy (non-hydrogen) atoms. The Morgan fingerprint density at radius 2 is 0.867 bits per heavy atom. The number of nitrogens with one attached hydrogen (secondary N) is 4. The fourth-order valence-corrected chi connectivity index (χ4v) is 2.44. The van der Waals surface area contributed by atoms with Crippen molar-refractivity contribution >= 4 is 0 Å². The molecule has 0 amide bonds. The maximum absolute atomic E-state index is 9.85. The standard InChI is InChI=1S/C22H50N4O4/c1-21(2,3)17-29-15-19(27)13-25-11-9-23-7-8-24-10-12-26-14-20(28)16-30-18-22(4,5)6/h19-20,23-28H,7-18H2,1-6H3. The van der Waals surface area contributed by atoms with Gasteiger partial charge in [-0.15, -0.1) is 0 Å². The summed E-state index contributed by atoms with van der Waals surface area (Å²) in [7, 11) is 0. The van der Waals surface area contributed by atoms with Crippen LogP contribution in [-0.2, 0) is 9.47 Å². The molecule has 0 bridgehead atoms. The Labute approximate surface area is 184 Å². The molecule has 182 valence electrons. The Morgan fingerprint density at radius 3 is 1.17 bits per heavy atom. The van der Waals surface area contributed by atoms with Crippen molar-refractivity contribution in [1.29, 1.82) is 0 Å². The maximum atomic E-state index is 9.85. The quantitative estimate of drug-likeness (QED) is 0.160. The van der Waals surface area contributed by atoms with E-state index >= 15 is 0 Å². The van der Waals surface area contributed by atoms with Crippen LogP contribution in [0.1, 0.15) is 41.5 Å². The number of rotatable bonds is 19. The summed E-state index contributed by atoms with van der Waals surface area (Å²) < 4.78 is 11.0. The van der Waals surface area contributed by atoms with Crippen LogP contribution >= 0.6 is 0 Å². The van der Waals surface area contributed by atoms with Gasteiger partial charge in [-0.05, 0) is 10.8 Å². The van der Waals surface area contributed by atoms with Gasteiger partial charge in [-0.2, -0.15) is 0 Å². The SMILES string of the molecule is CC(C)(C)COCC(O)CNCCNCCNCCNCC(O)COCC(C)(C)C. The highest BCUT2D eigenvalue weighted by atomic mass is 16.5. The lowest BCUT2D eigenvalue weighted by molar-refractivity contribution is 0.00728. The van der Waals surface area contributed by atoms with E-state index in [1.165, 1.54) is 0 Å². The molecule has 0 heterocycles. The van der Waals surface area contributed by atoms with Crippen LogP contribution in [0.5, 0.6) is 0 Å². The zero-order valence-electron chi connectivity index (χ0n) is 20.4. The highest BCUT2D eigenvalue weighted by Crippen LogP contribution is 2.13. The first-order chi connectivity index (χ1) is 14.0. The second kappa shape index (κ2) is 17.3. The first kappa shape index (κ1) is 29.7. The van der Waals surface area contributed by atoms with E-state index in [0.717, 1.165) is 39.3 Å². The van der Waals surface area contributed by atoms with Gasteiger partial charge in [0.15, 0.2) is 0 Å². The molecule has 0 aliphatic carbocycles. The van der Waals surface area contributed by atoms with Crippen LogP contribution in [0.15, 0.2) is 0 Å². The molecule has 0 aliphatic rings. The minimum Gasteiger partial charge on any atom is -0.389 e. The molecule has 0 spiro atoms. The maximum Gasteiger partial charge on any atom is 0.0897 e. The van der Waals surface area contributed by atoms with Crippen LogP contribution in [0, 0.1) is 10.8 Å². The molecule has 0 aromatic carbocycles. The summed E-state index contributed by atoms with van der Waals surface area (Å²) in [5.74, 6) is 0. The molecular weight excluding hydrogens is 384 g/mol. The lowest BCUT2D eigenvalue weighted by Crippen LogP contribution is -2.38. The fraction of sp³-hybridized carbons (Fsp3) is 1.00. The Bertz CT molecular complexity index is 350. The van der Waals surface area contributed by atoms with Gasteiger partial charge in [-0.1, -0.05) is 41.5 Å². The van der Waals surface area contributed by atoms with Crippen LogP contribution in [0.3, 0.4) is 0 Å². The van der Waals surface area contributed by atoms with Gasteiger partial charge in [0, 0.05) is 52.4 Å². The highest BCUT2D eigenvalue weighted by molar-refractivity contribution is 4.65. The van der Waals surface area contributed by atoms with E-state index in [1.807, 2.05) is 0 Å². The van der Waals surface area contributed by atoms with Gasteiger partial charge in [-0.25, -0.2) is 0 Å². The van der Waals surface area contributed by atoms with Crippen LogP contribution in [0.25, 0.3) is 0 Å². The van der Waals surface area contributed by atoms with Crippen molar-refractivity contribution in [1.82, 2.24) is 21.3 Å². The van der Waals surface area contributed by atoms with Gasteiger partial charge < -0.3 is 41.0 Å². The summed E-state index contributed by atoms with van der Waals surface area (Å²) in [6.07, 6.45) is -0.935. The Balaban J connectivity index is 3.29. The topological polar surface area (TPSA) is 107 Å². The Hall–Kier alpha value is -0.320. The van der Waals surface area contributed by atoms with E-state index in [1.54, 1.807) is 0 Å². The van der Waals surface area contributed by atoms with Crippen molar-refractivity contribution in [2.75, 3.05) is 78.8 Å². The molecule has 0 saturated carbocycles. The van der Waals surface area contributed by atoms with E-state index in [9.17, 15) is 10.2 Å². The summed E-state index contributed by atoms with van der Waals surface area (Å²) in [5, 5.41) is 32.9. The van der Waals surface area contributed by atoms with E-state index in [2.05, 4.69) is 62.8 Å². The average Bonchev–Trinajstić information content (AvgIpc) is 2.60. The fourth-order valence-electron chi connectivity index (χ4n) is 2.44. The molecule has 0 aromatic rings. The van der Waals surface area contributed by atoms with E-state index < -0.39 is 12.2 Å². The number of aliphatic hydroxyl groups excluding tert-OH is 2. The molecule has 0 fully saturated rings. The van der Waals surface area contributed by atoms with Crippen LogP contribution in [0.2, 0.25) is 0 Å². The molecule has 6 N–H and O–H groups in total. The molecule has 2 unspecified atom stereocenters. The summed E-state index contributed by atoms with van der Waals surface area (Å²) in [4.78, 5) is 0. The molecule has 8 nitrogen and oxygen atoms in total. The summed E-state index contributed by atoms with van der Waals surface area (Å²) >= 11 is 0. The number of aliphatic hydroxyl groups is 2. The van der Waals surface area contributed by atoms with Crippen LogP contribution in [-0.4, -0.2) is 101 Å². The molecule has 8 heteroatoms. The van der Waals surface area contributed by atoms with Crippen LogP contribution in [0.4, 0.5) is 0 Å². The highest BCUT2D eigenvalue weighted by Gasteiger charge is 2.12. The third-order valence-electron chi connectivity index (χ3n) is 3.89. The third-order valence-corrected chi connectivity index (χ3v) is 3.89. The van der Waals surface area contributed by atoms with E-state index in [4.69, 9.17) is 9.47 Å². The predicted molar refractivity (Wildman–Crippen MR) is 124 cm³/mol. The van der Waals surface area contributed by atoms with Gasteiger partial charge in [-0.3, -0.25) is 0 Å². The van der Waals surface area contributed by atoms with Crippen molar-refractivity contribution < 1.29 is 19.7 Å². The Kier molecular flexibility index (Phi) is 17.1.